The van der Waals surface area contributed by atoms with Gasteiger partial charge in [0.2, 0.25) is 0 Å². The summed E-state index contributed by atoms with van der Waals surface area (Å²) in [5.41, 5.74) is 2.41. The van der Waals surface area contributed by atoms with Crippen molar-refractivity contribution >= 4 is 11.6 Å². The third kappa shape index (κ3) is 4.79. The average molecular weight is 281 g/mol. The first-order chi connectivity index (χ1) is 9.15. The molecule has 3 heteroatoms. The Morgan fingerprint density at radius 1 is 1.32 bits per heavy atom. The molecular weight excluding hydrogens is 256 g/mol. The van der Waals surface area contributed by atoms with Crippen molar-refractivity contribution in [3.05, 3.63) is 34.3 Å². The SMILES string of the molecule is Cc1ccc(CNCCN2CCC(C)CC2)cc1Cl. The summed E-state index contributed by atoms with van der Waals surface area (Å²) < 4.78 is 0. The molecule has 1 saturated heterocycles. The summed E-state index contributed by atoms with van der Waals surface area (Å²) in [4.78, 5) is 2.56. The van der Waals surface area contributed by atoms with Crippen LogP contribution >= 0.6 is 11.6 Å². The Balaban J connectivity index is 1.65. The zero-order valence-corrected chi connectivity index (χ0v) is 12.8. The Bertz CT molecular complexity index is 398. The number of nitrogens with zero attached hydrogens (tertiary/aromatic N) is 1. The lowest BCUT2D eigenvalue weighted by molar-refractivity contribution is 0.193. The van der Waals surface area contributed by atoms with Crippen LogP contribution in [0.2, 0.25) is 5.02 Å². The van der Waals surface area contributed by atoms with Crippen molar-refractivity contribution in [2.24, 2.45) is 5.92 Å². The lowest BCUT2D eigenvalue weighted by Crippen LogP contribution is -2.37. The largest absolute Gasteiger partial charge is 0.311 e. The van der Waals surface area contributed by atoms with E-state index >= 15 is 0 Å². The molecule has 0 saturated carbocycles. The first kappa shape index (κ1) is 14.8. The lowest BCUT2D eigenvalue weighted by Gasteiger charge is -2.30. The van der Waals surface area contributed by atoms with Crippen LogP contribution in [0.15, 0.2) is 18.2 Å². The number of hydrogen-bond donors (Lipinski definition) is 1. The topological polar surface area (TPSA) is 15.3 Å². The number of nitrogens with one attached hydrogen (secondary N) is 1. The molecule has 2 nitrogen and oxygen atoms in total. The van der Waals surface area contributed by atoms with Crippen LogP contribution in [-0.4, -0.2) is 31.1 Å². The van der Waals surface area contributed by atoms with Crippen LogP contribution in [-0.2, 0) is 6.54 Å². The highest BCUT2D eigenvalue weighted by Crippen LogP contribution is 2.17. The predicted molar refractivity (Wildman–Crippen MR) is 82.7 cm³/mol. The summed E-state index contributed by atoms with van der Waals surface area (Å²) in [5, 5.41) is 4.37. The second-order valence-corrected chi connectivity index (χ2v) is 6.19. The molecule has 1 aromatic carbocycles. The fraction of sp³-hybridized carbons (Fsp3) is 0.625. The van der Waals surface area contributed by atoms with E-state index in [0.717, 1.165) is 36.1 Å². The van der Waals surface area contributed by atoms with Crippen LogP contribution in [0, 0.1) is 12.8 Å². The van der Waals surface area contributed by atoms with Crippen LogP contribution in [0.5, 0.6) is 0 Å². The monoisotopic (exact) mass is 280 g/mol. The van der Waals surface area contributed by atoms with Crippen LogP contribution in [0.25, 0.3) is 0 Å². The van der Waals surface area contributed by atoms with E-state index in [1.807, 2.05) is 6.92 Å². The van der Waals surface area contributed by atoms with Crippen molar-refractivity contribution in [2.75, 3.05) is 26.2 Å². The van der Waals surface area contributed by atoms with Gasteiger partial charge in [-0.15, -0.1) is 0 Å². The minimum Gasteiger partial charge on any atom is -0.311 e. The highest BCUT2D eigenvalue weighted by Gasteiger charge is 2.14. The molecular formula is C16H25ClN2. The molecule has 1 fully saturated rings. The van der Waals surface area contributed by atoms with Gasteiger partial charge >= 0.3 is 0 Å². The summed E-state index contributed by atoms with van der Waals surface area (Å²) in [6, 6.07) is 6.30. The summed E-state index contributed by atoms with van der Waals surface area (Å²) in [5.74, 6) is 0.916. The third-order valence-corrected chi connectivity index (χ3v) is 4.45. The number of piperidine rings is 1. The number of benzene rings is 1. The van der Waals surface area contributed by atoms with Crippen molar-refractivity contribution in [1.82, 2.24) is 10.2 Å². The van der Waals surface area contributed by atoms with E-state index in [4.69, 9.17) is 11.6 Å². The molecule has 1 aromatic rings. The second-order valence-electron chi connectivity index (χ2n) is 5.78. The molecule has 0 amide bonds. The summed E-state index contributed by atoms with van der Waals surface area (Å²) in [7, 11) is 0. The maximum atomic E-state index is 6.13. The Labute approximate surface area is 122 Å². The van der Waals surface area contributed by atoms with Gasteiger partial charge in [0, 0.05) is 24.7 Å². The number of likely N-dealkylation sites (tertiary alicyclic amines) is 1. The minimum atomic E-state index is 0.865. The zero-order valence-electron chi connectivity index (χ0n) is 12.1. The van der Waals surface area contributed by atoms with Gasteiger partial charge in [-0.2, -0.15) is 0 Å². The number of hydrogen-bond acceptors (Lipinski definition) is 2. The van der Waals surface area contributed by atoms with E-state index < -0.39 is 0 Å². The molecule has 1 heterocycles. The van der Waals surface area contributed by atoms with E-state index in [1.54, 1.807) is 0 Å². The molecule has 1 aliphatic heterocycles. The molecule has 0 radical (unpaired) electrons. The van der Waals surface area contributed by atoms with Crippen molar-refractivity contribution in [2.45, 2.75) is 33.2 Å². The number of rotatable bonds is 5. The van der Waals surface area contributed by atoms with E-state index in [-0.39, 0.29) is 0 Å². The Morgan fingerprint density at radius 2 is 2.05 bits per heavy atom. The maximum Gasteiger partial charge on any atom is 0.0438 e. The number of halogens is 1. The van der Waals surface area contributed by atoms with Crippen molar-refractivity contribution in [1.29, 1.82) is 0 Å². The van der Waals surface area contributed by atoms with Gasteiger partial charge in [-0.05, 0) is 56.0 Å². The Kier molecular flexibility index (Phi) is 5.68. The van der Waals surface area contributed by atoms with Crippen molar-refractivity contribution in [3.8, 4) is 0 Å². The first-order valence-corrected chi connectivity index (χ1v) is 7.71. The van der Waals surface area contributed by atoms with Gasteiger partial charge in [0.15, 0.2) is 0 Å². The molecule has 0 aromatic heterocycles. The van der Waals surface area contributed by atoms with Gasteiger partial charge in [0.1, 0.15) is 0 Å². The fourth-order valence-corrected chi connectivity index (χ4v) is 2.71. The molecule has 106 valence electrons. The predicted octanol–water partition coefficient (Wildman–Crippen LogP) is 3.47. The molecule has 0 spiro atoms. The molecule has 1 N–H and O–H groups in total. The minimum absolute atomic E-state index is 0.865. The standard InChI is InChI=1S/C16H25ClN2/c1-13-5-8-19(9-6-13)10-7-18-12-15-4-3-14(2)16(17)11-15/h3-4,11,13,18H,5-10,12H2,1-2H3. The summed E-state index contributed by atoms with van der Waals surface area (Å²) in [6.45, 7) is 10.0. The van der Waals surface area contributed by atoms with Gasteiger partial charge < -0.3 is 10.2 Å². The van der Waals surface area contributed by atoms with Crippen molar-refractivity contribution < 1.29 is 0 Å². The average Bonchev–Trinajstić information content (AvgIpc) is 2.41. The molecule has 2 rings (SSSR count). The fourth-order valence-electron chi connectivity index (χ4n) is 2.50. The maximum absolute atomic E-state index is 6.13. The highest BCUT2D eigenvalue weighted by atomic mass is 35.5. The van der Waals surface area contributed by atoms with E-state index in [9.17, 15) is 0 Å². The second kappa shape index (κ2) is 7.28. The van der Waals surface area contributed by atoms with E-state index in [1.165, 1.54) is 31.5 Å². The smallest absolute Gasteiger partial charge is 0.0438 e. The normalized spacial score (nSPS) is 17.8. The van der Waals surface area contributed by atoms with Gasteiger partial charge in [0.25, 0.3) is 0 Å². The molecule has 0 atom stereocenters. The van der Waals surface area contributed by atoms with Crippen LogP contribution in [0.1, 0.15) is 30.9 Å². The molecule has 0 aliphatic carbocycles. The van der Waals surface area contributed by atoms with Gasteiger partial charge in [-0.1, -0.05) is 30.7 Å². The van der Waals surface area contributed by atoms with Crippen LogP contribution < -0.4 is 5.32 Å². The van der Waals surface area contributed by atoms with Crippen LogP contribution in [0.4, 0.5) is 0 Å². The third-order valence-electron chi connectivity index (χ3n) is 4.05. The quantitative estimate of drug-likeness (QED) is 0.831. The van der Waals surface area contributed by atoms with Gasteiger partial charge in [-0.3, -0.25) is 0 Å². The molecule has 0 bridgehead atoms. The lowest BCUT2D eigenvalue weighted by atomic mass is 9.99. The Hall–Kier alpha value is -0.570. The zero-order chi connectivity index (χ0) is 13.7. The molecule has 1 aliphatic rings. The Morgan fingerprint density at radius 3 is 2.74 bits per heavy atom. The van der Waals surface area contributed by atoms with Gasteiger partial charge in [-0.25, -0.2) is 0 Å². The summed E-state index contributed by atoms with van der Waals surface area (Å²) >= 11 is 6.13. The summed E-state index contributed by atoms with van der Waals surface area (Å²) in [6.07, 6.45) is 2.71. The first-order valence-electron chi connectivity index (χ1n) is 7.33. The van der Waals surface area contributed by atoms with Crippen molar-refractivity contribution in [3.63, 3.8) is 0 Å². The number of aryl methyl sites for hydroxylation is 1. The highest BCUT2D eigenvalue weighted by molar-refractivity contribution is 6.31. The molecule has 19 heavy (non-hydrogen) atoms. The van der Waals surface area contributed by atoms with Gasteiger partial charge in [0.05, 0.1) is 0 Å². The van der Waals surface area contributed by atoms with E-state index in [0.29, 0.717) is 0 Å². The van der Waals surface area contributed by atoms with Crippen LogP contribution in [0.3, 0.4) is 0 Å². The molecule has 0 unspecified atom stereocenters. The van der Waals surface area contributed by atoms with E-state index in [2.05, 4.69) is 35.3 Å².